The normalized spacial score (nSPS) is 20.8. The van der Waals surface area contributed by atoms with Gasteiger partial charge in [0.05, 0.1) is 6.61 Å². The Bertz CT molecular complexity index is 452. The number of rotatable bonds is 3. The topological polar surface area (TPSA) is 70.0 Å². The first-order valence-electron chi connectivity index (χ1n) is 5.60. The fourth-order valence-corrected chi connectivity index (χ4v) is 2.33. The van der Waals surface area contributed by atoms with Gasteiger partial charge < -0.3 is 14.9 Å². The lowest BCUT2D eigenvalue weighted by Gasteiger charge is -2.30. The van der Waals surface area contributed by atoms with E-state index in [1.54, 1.807) is 12.1 Å². The number of halogens is 1. The molecule has 2 rings (SSSR count). The molecule has 0 spiro atoms. The summed E-state index contributed by atoms with van der Waals surface area (Å²) in [6, 6.07) is 5.22. The first kappa shape index (κ1) is 13.3. The number of hydrogen-bond donors (Lipinski definition) is 2. The smallest absolute Gasteiger partial charge is 0.334 e. The lowest BCUT2D eigenvalue weighted by Crippen LogP contribution is -2.45. The second-order valence-electron chi connectivity index (χ2n) is 4.21. The van der Waals surface area contributed by atoms with Gasteiger partial charge in [-0.05, 0) is 18.2 Å². The van der Waals surface area contributed by atoms with Crippen LogP contribution in [0.1, 0.15) is 5.56 Å². The third-order valence-corrected chi connectivity index (χ3v) is 3.35. The van der Waals surface area contributed by atoms with Crippen molar-refractivity contribution >= 4 is 21.9 Å². The van der Waals surface area contributed by atoms with Crippen LogP contribution in [0.25, 0.3) is 0 Å². The van der Waals surface area contributed by atoms with E-state index in [1.807, 2.05) is 11.0 Å². The molecular formula is C12H14BrNO4. The Labute approximate surface area is 113 Å². The van der Waals surface area contributed by atoms with Gasteiger partial charge in [0.25, 0.3) is 0 Å². The zero-order valence-electron chi connectivity index (χ0n) is 9.67. The molecule has 1 atom stereocenters. The van der Waals surface area contributed by atoms with Gasteiger partial charge >= 0.3 is 5.97 Å². The van der Waals surface area contributed by atoms with Crippen LogP contribution in [0.2, 0.25) is 0 Å². The predicted molar refractivity (Wildman–Crippen MR) is 68.5 cm³/mol. The van der Waals surface area contributed by atoms with Crippen LogP contribution in [-0.2, 0) is 16.1 Å². The number of phenolic OH excluding ortho intramolecular Hbond substituents is 1. The second kappa shape index (κ2) is 5.69. The Morgan fingerprint density at radius 1 is 1.56 bits per heavy atom. The molecule has 0 radical (unpaired) electrons. The summed E-state index contributed by atoms with van der Waals surface area (Å²) in [4.78, 5) is 12.8. The van der Waals surface area contributed by atoms with Crippen molar-refractivity contribution < 1.29 is 19.7 Å². The standard InChI is InChI=1S/C12H14BrNO4/c13-9-1-2-10(15)8(5-9)6-14-3-4-18-11(7-14)12(16)17/h1-2,5,11,15H,3-4,6-7H2,(H,16,17). The van der Waals surface area contributed by atoms with Crippen LogP contribution in [0.15, 0.2) is 22.7 Å². The van der Waals surface area contributed by atoms with Crippen molar-refractivity contribution in [2.24, 2.45) is 0 Å². The van der Waals surface area contributed by atoms with Crippen molar-refractivity contribution in [1.29, 1.82) is 0 Å². The minimum absolute atomic E-state index is 0.219. The molecule has 18 heavy (non-hydrogen) atoms. The molecule has 1 unspecified atom stereocenters. The van der Waals surface area contributed by atoms with Crippen molar-refractivity contribution in [1.82, 2.24) is 4.90 Å². The summed E-state index contributed by atoms with van der Waals surface area (Å²) in [6.07, 6.45) is -0.784. The van der Waals surface area contributed by atoms with Crippen molar-refractivity contribution in [3.8, 4) is 5.75 Å². The van der Waals surface area contributed by atoms with Gasteiger partial charge in [-0.3, -0.25) is 4.90 Å². The zero-order chi connectivity index (χ0) is 13.1. The zero-order valence-corrected chi connectivity index (χ0v) is 11.3. The molecule has 2 N–H and O–H groups in total. The molecule has 0 aliphatic carbocycles. The minimum atomic E-state index is -0.946. The molecule has 1 saturated heterocycles. The monoisotopic (exact) mass is 315 g/mol. The van der Waals surface area contributed by atoms with Crippen LogP contribution in [0.3, 0.4) is 0 Å². The van der Waals surface area contributed by atoms with E-state index in [1.165, 1.54) is 0 Å². The van der Waals surface area contributed by atoms with E-state index >= 15 is 0 Å². The molecule has 0 bridgehead atoms. The van der Waals surface area contributed by atoms with E-state index in [2.05, 4.69) is 15.9 Å². The van der Waals surface area contributed by atoms with Gasteiger partial charge in [-0.1, -0.05) is 15.9 Å². The maximum absolute atomic E-state index is 10.9. The van der Waals surface area contributed by atoms with Crippen LogP contribution >= 0.6 is 15.9 Å². The summed E-state index contributed by atoms with van der Waals surface area (Å²) in [5, 5.41) is 18.7. The van der Waals surface area contributed by atoms with Crippen molar-refractivity contribution in [3.05, 3.63) is 28.2 Å². The molecule has 1 aromatic carbocycles. The van der Waals surface area contributed by atoms with Crippen LogP contribution < -0.4 is 0 Å². The number of phenols is 1. The second-order valence-corrected chi connectivity index (χ2v) is 5.12. The van der Waals surface area contributed by atoms with E-state index in [-0.39, 0.29) is 5.75 Å². The number of carboxylic acid groups (broad SMARTS) is 1. The Morgan fingerprint density at radius 2 is 2.33 bits per heavy atom. The molecule has 5 nitrogen and oxygen atoms in total. The number of aromatic hydroxyl groups is 1. The van der Waals surface area contributed by atoms with E-state index < -0.39 is 12.1 Å². The molecule has 1 aliphatic heterocycles. The van der Waals surface area contributed by atoms with Gasteiger partial charge in [-0.25, -0.2) is 4.79 Å². The number of nitrogens with zero attached hydrogens (tertiary/aromatic N) is 1. The fourth-order valence-electron chi connectivity index (χ4n) is 1.92. The SMILES string of the molecule is O=C(O)C1CN(Cc2cc(Br)ccc2O)CCO1. The quantitative estimate of drug-likeness (QED) is 0.883. The van der Waals surface area contributed by atoms with Crippen LogP contribution in [-0.4, -0.2) is 46.9 Å². The number of hydrogen-bond acceptors (Lipinski definition) is 4. The van der Waals surface area contributed by atoms with Crippen molar-refractivity contribution in [2.45, 2.75) is 12.6 Å². The number of morpholine rings is 1. The maximum atomic E-state index is 10.9. The summed E-state index contributed by atoms with van der Waals surface area (Å²) >= 11 is 3.35. The van der Waals surface area contributed by atoms with E-state index in [0.717, 1.165) is 10.0 Å². The number of carbonyl (C=O) groups is 1. The van der Waals surface area contributed by atoms with Crippen LogP contribution in [0, 0.1) is 0 Å². The van der Waals surface area contributed by atoms with E-state index in [4.69, 9.17) is 9.84 Å². The predicted octanol–water partition coefficient (Wildman–Crippen LogP) is 1.44. The number of aliphatic carboxylic acids is 1. The van der Waals surface area contributed by atoms with Gasteiger partial charge in [-0.15, -0.1) is 0 Å². The summed E-state index contributed by atoms with van der Waals surface area (Å²) in [7, 11) is 0. The van der Waals surface area contributed by atoms with E-state index in [9.17, 15) is 9.90 Å². The van der Waals surface area contributed by atoms with Gasteiger partial charge in [0.2, 0.25) is 0 Å². The first-order valence-corrected chi connectivity index (χ1v) is 6.39. The summed E-state index contributed by atoms with van der Waals surface area (Å²) in [5.41, 5.74) is 0.774. The lowest BCUT2D eigenvalue weighted by molar-refractivity contribution is -0.156. The highest BCUT2D eigenvalue weighted by Crippen LogP contribution is 2.24. The molecular weight excluding hydrogens is 302 g/mol. The van der Waals surface area contributed by atoms with Gasteiger partial charge in [0.15, 0.2) is 6.10 Å². The third-order valence-electron chi connectivity index (χ3n) is 2.86. The molecule has 1 aliphatic rings. The average Bonchev–Trinajstić information content (AvgIpc) is 2.34. The minimum Gasteiger partial charge on any atom is -0.508 e. The number of benzene rings is 1. The highest BCUT2D eigenvalue weighted by molar-refractivity contribution is 9.10. The lowest BCUT2D eigenvalue weighted by atomic mass is 10.1. The highest BCUT2D eigenvalue weighted by atomic mass is 79.9. The van der Waals surface area contributed by atoms with Gasteiger partial charge in [-0.2, -0.15) is 0 Å². The number of carboxylic acids is 1. The molecule has 1 aromatic rings. The van der Waals surface area contributed by atoms with Crippen molar-refractivity contribution in [3.63, 3.8) is 0 Å². The Balaban J connectivity index is 2.04. The van der Waals surface area contributed by atoms with Crippen molar-refractivity contribution in [2.75, 3.05) is 19.7 Å². The van der Waals surface area contributed by atoms with Gasteiger partial charge in [0, 0.05) is 29.7 Å². The summed E-state index contributed by atoms with van der Waals surface area (Å²) in [5.74, 6) is -0.727. The molecule has 0 amide bonds. The molecule has 0 aromatic heterocycles. The molecule has 6 heteroatoms. The Kier molecular flexibility index (Phi) is 4.21. The summed E-state index contributed by atoms with van der Waals surface area (Å²) in [6.45, 7) is 1.90. The van der Waals surface area contributed by atoms with Crippen LogP contribution in [0.5, 0.6) is 5.75 Å². The Morgan fingerprint density at radius 3 is 3.06 bits per heavy atom. The molecule has 1 fully saturated rings. The molecule has 1 heterocycles. The average molecular weight is 316 g/mol. The number of ether oxygens (including phenoxy) is 1. The largest absolute Gasteiger partial charge is 0.508 e. The van der Waals surface area contributed by atoms with Crippen LogP contribution in [0.4, 0.5) is 0 Å². The Hall–Kier alpha value is -1.11. The fraction of sp³-hybridized carbons (Fsp3) is 0.417. The van der Waals surface area contributed by atoms with E-state index in [0.29, 0.717) is 26.2 Å². The first-order chi connectivity index (χ1) is 8.56. The molecule has 98 valence electrons. The molecule has 0 saturated carbocycles. The third kappa shape index (κ3) is 3.22. The highest BCUT2D eigenvalue weighted by Gasteiger charge is 2.26. The van der Waals surface area contributed by atoms with Gasteiger partial charge in [0.1, 0.15) is 5.75 Å². The maximum Gasteiger partial charge on any atom is 0.334 e. The summed E-state index contributed by atoms with van der Waals surface area (Å²) < 4.78 is 6.04.